The molecule has 1 aromatic carbocycles. The average Bonchev–Trinajstić information content (AvgIpc) is 2.44. The number of benzene rings is 1. The van der Waals surface area contributed by atoms with Crippen LogP contribution in [0.5, 0.6) is 5.75 Å². The van der Waals surface area contributed by atoms with Crippen LogP contribution in [0.25, 0.3) is 6.08 Å². The number of carbonyl (C=O) groups excluding carboxylic acids is 3. The van der Waals surface area contributed by atoms with Gasteiger partial charge in [-0.3, -0.25) is 10.1 Å². The summed E-state index contributed by atoms with van der Waals surface area (Å²) in [7, 11) is 0. The van der Waals surface area contributed by atoms with Crippen LogP contribution in [0.15, 0.2) is 30.3 Å². The van der Waals surface area contributed by atoms with Crippen molar-refractivity contribution in [1.29, 1.82) is 0 Å². The fourth-order valence-electron chi connectivity index (χ4n) is 1.42. The third-order valence-electron chi connectivity index (χ3n) is 2.23. The molecule has 0 aromatic heterocycles. The minimum Gasteiger partial charge on any atom is -0.493 e. The van der Waals surface area contributed by atoms with Gasteiger partial charge in [-0.05, 0) is 19.1 Å². The Morgan fingerprint density at radius 3 is 2.67 bits per heavy atom. The Morgan fingerprint density at radius 2 is 2.00 bits per heavy atom. The molecular weight excluding hydrogens is 276 g/mol. The van der Waals surface area contributed by atoms with Crippen LogP contribution in [-0.2, 0) is 14.3 Å². The molecule has 0 heterocycles. The van der Waals surface area contributed by atoms with Crippen molar-refractivity contribution in [1.82, 2.24) is 5.32 Å². The Hall–Kier alpha value is -2.83. The first-order valence-electron chi connectivity index (χ1n) is 6.19. The van der Waals surface area contributed by atoms with Crippen LogP contribution in [0.4, 0.5) is 4.79 Å². The molecule has 0 atom stereocenters. The van der Waals surface area contributed by atoms with Gasteiger partial charge in [-0.25, -0.2) is 9.59 Å². The monoisotopic (exact) mass is 292 g/mol. The third-order valence-corrected chi connectivity index (χ3v) is 2.23. The summed E-state index contributed by atoms with van der Waals surface area (Å²) in [6.07, 6.45) is 2.68. The van der Waals surface area contributed by atoms with Gasteiger partial charge in [-0.2, -0.15) is 0 Å². The van der Waals surface area contributed by atoms with Crippen molar-refractivity contribution in [3.05, 3.63) is 35.9 Å². The van der Waals surface area contributed by atoms with Gasteiger partial charge in [-0.1, -0.05) is 18.2 Å². The molecule has 21 heavy (non-hydrogen) atoms. The van der Waals surface area contributed by atoms with Crippen LogP contribution in [0, 0.1) is 0 Å². The maximum atomic E-state index is 11.4. The summed E-state index contributed by atoms with van der Waals surface area (Å²) in [5.74, 6) is -0.879. The van der Waals surface area contributed by atoms with Crippen LogP contribution in [-0.4, -0.2) is 31.1 Å². The number of esters is 1. The number of urea groups is 1. The van der Waals surface area contributed by atoms with Crippen molar-refractivity contribution in [2.45, 2.75) is 6.92 Å². The molecular formula is C14H16N2O5. The SMILES string of the molecule is CCOc1ccccc1/C=C/C(=O)OCC(=O)NC(N)=O. The van der Waals surface area contributed by atoms with E-state index in [-0.39, 0.29) is 0 Å². The number of nitrogens with one attached hydrogen (secondary N) is 1. The molecule has 112 valence electrons. The van der Waals surface area contributed by atoms with Crippen LogP contribution in [0.1, 0.15) is 12.5 Å². The summed E-state index contributed by atoms with van der Waals surface area (Å²) >= 11 is 0. The summed E-state index contributed by atoms with van der Waals surface area (Å²) in [5.41, 5.74) is 5.45. The molecule has 0 saturated heterocycles. The molecule has 7 nitrogen and oxygen atoms in total. The molecule has 0 aliphatic heterocycles. The molecule has 0 spiro atoms. The zero-order valence-electron chi connectivity index (χ0n) is 11.5. The Balaban J connectivity index is 2.54. The van der Waals surface area contributed by atoms with Crippen LogP contribution < -0.4 is 15.8 Å². The molecule has 1 aromatic rings. The summed E-state index contributed by atoms with van der Waals surface area (Å²) < 4.78 is 10.0. The van der Waals surface area contributed by atoms with E-state index in [0.717, 1.165) is 6.08 Å². The van der Waals surface area contributed by atoms with Gasteiger partial charge < -0.3 is 15.2 Å². The van der Waals surface area contributed by atoms with E-state index in [2.05, 4.69) is 4.74 Å². The van der Waals surface area contributed by atoms with Crippen molar-refractivity contribution < 1.29 is 23.9 Å². The molecule has 0 fully saturated rings. The minimum atomic E-state index is -1.00. The van der Waals surface area contributed by atoms with Gasteiger partial charge in [0.15, 0.2) is 6.61 Å². The number of rotatable bonds is 6. The smallest absolute Gasteiger partial charge is 0.331 e. The van der Waals surface area contributed by atoms with E-state index in [1.807, 2.05) is 13.0 Å². The highest BCUT2D eigenvalue weighted by Crippen LogP contribution is 2.19. The lowest BCUT2D eigenvalue weighted by atomic mass is 10.2. The molecule has 0 unspecified atom stereocenters. The van der Waals surface area contributed by atoms with E-state index >= 15 is 0 Å². The van der Waals surface area contributed by atoms with Gasteiger partial charge in [0.1, 0.15) is 5.75 Å². The first-order valence-corrected chi connectivity index (χ1v) is 6.19. The fraction of sp³-hybridized carbons (Fsp3) is 0.214. The third kappa shape index (κ3) is 6.24. The normalized spacial score (nSPS) is 10.1. The second-order valence-corrected chi connectivity index (χ2v) is 3.82. The lowest BCUT2D eigenvalue weighted by molar-refractivity contribution is -0.143. The summed E-state index contributed by atoms with van der Waals surface area (Å²) in [5, 5.41) is 1.78. The van der Waals surface area contributed by atoms with Crippen molar-refractivity contribution in [2.24, 2.45) is 5.73 Å². The second-order valence-electron chi connectivity index (χ2n) is 3.82. The molecule has 7 heteroatoms. The maximum absolute atomic E-state index is 11.4. The van der Waals surface area contributed by atoms with Gasteiger partial charge in [0, 0.05) is 11.6 Å². The fourth-order valence-corrected chi connectivity index (χ4v) is 1.42. The Kier molecular flexibility index (Phi) is 6.46. The number of carbonyl (C=O) groups is 3. The predicted octanol–water partition coefficient (Wildman–Crippen LogP) is 0.837. The summed E-state index contributed by atoms with van der Waals surface area (Å²) in [6, 6.07) is 6.16. The summed E-state index contributed by atoms with van der Waals surface area (Å²) in [4.78, 5) is 32.9. The van der Waals surface area contributed by atoms with Gasteiger partial charge in [0.2, 0.25) is 0 Å². The number of hydrogen-bond donors (Lipinski definition) is 2. The Bertz CT molecular complexity index is 554. The van der Waals surface area contributed by atoms with E-state index in [4.69, 9.17) is 10.5 Å². The lowest BCUT2D eigenvalue weighted by Crippen LogP contribution is -2.37. The molecule has 0 radical (unpaired) electrons. The number of hydrogen-bond acceptors (Lipinski definition) is 5. The molecule has 0 aliphatic carbocycles. The molecule has 0 saturated carbocycles. The van der Waals surface area contributed by atoms with Crippen molar-refractivity contribution in [3.63, 3.8) is 0 Å². The van der Waals surface area contributed by atoms with Crippen LogP contribution >= 0.6 is 0 Å². The molecule has 1 rings (SSSR count). The van der Waals surface area contributed by atoms with Gasteiger partial charge in [-0.15, -0.1) is 0 Å². The quantitative estimate of drug-likeness (QED) is 0.596. The van der Waals surface area contributed by atoms with E-state index in [1.54, 1.807) is 23.5 Å². The number of primary amides is 1. The highest BCUT2D eigenvalue weighted by Gasteiger charge is 2.07. The molecule has 3 N–H and O–H groups in total. The Morgan fingerprint density at radius 1 is 1.29 bits per heavy atom. The van der Waals surface area contributed by atoms with E-state index in [1.165, 1.54) is 6.08 Å². The minimum absolute atomic E-state index is 0.503. The van der Waals surface area contributed by atoms with Crippen LogP contribution in [0.3, 0.4) is 0 Å². The lowest BCUT2D eigenvalue weighted by Gasteiger charge is -2.06. The zero-order chi connectivity index (χ0) is 15.7. The molecule has 3 amide bonds. The Labute approximate surface area is 121 Å². The van der Waals surface area contributed by atoms with E-state index < -0.39 is 24.5 Å². The highest BCUT2D eigenvalue weighted by molar-refractivity contribution is 5.95. The number of ether oxygens (including phenoxy) is 2. The number of amides is 3. The largest absolute Gasteiger partial charge is 0.493 e. The number of imide groups is 1. The van der Waals surface area contributed by atoms with E-state index in [0.29, 0.717) is 17.9 Å². The van der Waals surface area contributed by atoms with Crippen molar-refractivity contribution in [3.8, 4) is 5.75 Å². The topological polar surface area (TPSA) is 108 Å². The average molecular weight is 292 g/mol. The predicted molar refractivity (Wildman–Crippen MR) is 75.3 cm³/mol. The second kappa shape index (κ2) is 8.36. The molecule has 0 aliphatic rings. The van der Waals surface area contributed by atoms with Gasteiger partial charge in [0.05, 0.1) is 6.61 Å². The van der Waals surface area contributed by atoms with Crippen molar-refractivity contribution >= 4 is 24.0 Å². The first kappa shape index (κ1) is 16.2. The first-order chi connectivity index (χ1) is 10.0. The van der Waals surface area contributed by atoms with Gasteiger partial charge >= 0.3 is 12.0 Å². The summed E-state index contributed by atoms with van der Waals surface area (Å²) in [6.45, 7) is 1.77. The van der Waals surface area contributed by atoms with Crippen molar-refractivity contribution in [2.75, 3.05) is 13.2 Å². The maximum Gasteiger partial charge on any atom is 0.331 e. The number of para-hydroxylation sites is 1. The highest BCUT2D eigenvalue weighted by atomic mass is 16.5. The standard InChI is InChI=1S/C14H16N2O5/c1-2-20-11-6-4-3-5-10(11)7-8-13(18)21-9-12(17)16-14(15)19/h3-8H,2,9H2,1H3,(H3,15,16,17,19)/b8-7+. The van der Waals surface area contributed by atoms with Gasteiger partial charge in [0.25, 0.3) is 5.91 Å². The van der Waals surface area contributed by atoms with Crippen LogP contribution in [0.2, 0.25) is 0 Å². The number of nitrogens with two attached hydrogens (primary N) is 1. The zero-order valence-corrected chi connectivity index (χ0v) is 11.5. The van der Waals surface area contributed by atoms with E-state index in [9.17, 15) is 14.4 Å². The molecule has 0 bridgehead atoms.